The zero-order valence-corrected chi connectivity index (χ0v) is 19.2. The normalized spacial score (nSPS) is 10.9. The molecule has 5 heteroatoms. The molecule has 1 heterocycles. The Morgan fingerprint density at radius 2 is 1.81 bits per heavy atom. The Hall–Kier alpha value is -3.05. The first-order chi connectivity index (χ1) is 15.1. The molecule has 4 rings (SSSR count). The molecule has 0 amide bonds. The number of benzene rings is 3. The molecule has 0 aliphatic carbocycles. The number of fused-ring (bicyclic) bond motifs is 1. The molecule has 4 aromatic rings. The predicted molar refractivity (Wildman–Crippen MR) is 128 cm³/mol. The molecule has 0 aliphatic heterocycles. The van der Waals surface area contributed by atoms with Crippen molar-refractivity contribution in [1.29, 1.82) is 0 Å². The summed E-state index contributed by atoms with van der Waals surface area (Å²) in [5.74, 6) is 0.617. The minimum Gasteiger partial charge on any atom is -0.497 e. The van der Waals surface area contributed by atoms with Crippen molar-refractivity contribution in [2.45, 2.75) is 19.9 Å². The van der Waals surface area contributed by atoms with Crippen molar-refractivity contribution < 1.29 is 14.3 Å². The summed E-state index contributed by atoms with van der Waals surface area (Å²) in [5, 5.41) is 1.06. The van der Waals surface area contributed by atoms with Gasteiger partial charge < -0.3 is 14.0 Å². The van der Waals surface area contributed by atoms with Crippen LogP contribution in [0.2, 0.25) is 0 Å². The van der Waals surface area contributed by atoms with Gasteiger partial charge in [0.15, 0.2) is 0 Å². The molecule has 0 unspecified atom stereocenters. The van der Waals surface area contributed by atoms with Gasteiger partial charge in [-0.15, -0.1) is 0 Å². The maximum Gasteiger partial charge on any atom is 0.310 e. The van der Waals surface area contributed by atoms with Crippen molar-refractivity contribution >= 4 is 32.8 Å². The number of ether oxygens (including phenoxy) is 2. The largest absolute Gasteiger partial charge is 0.497 e. The zero-order chi connectivity index (χ0) is 21.8. The molecule has 4 nitrogen and oxygen atoms in total. The predicted octanol–water partition coefficient (Wildman–Crippen LogP) is 6.23. The number of aromatic nitrogens is 1. The Morgan fingerprint density at radius 3 is 2.58 bits per heavy atom. The van der Waals surface area contributed by atoms with Gasteiger partial charge in [-0.1, -0.05) is 52.3 Å². The van der Waals surface area contributed by atoms with E-state index in [4.69, 9.17) is 9.47 Å². The van der Waals surface area contributed by atoms with Gasteiger partial charge in [-0.25, -0.2) is 0 Å². The maximum atomic E-state index is 12.2. The van der Waals surface area contributed by atoms with Gasteiger partial charge in [-0.2, -0.15) is 0 Å². The smallest absolute Gasteiger partial charge is 0.310 e. The molecule has 31 heavy (non-hydrogen) atoms. The van der Waals surface area contributed by atoms with E-state index >= 15 is 0 Å². The van der Waals surface area contributed by atoms with Gasteiger partial charge in [0.2, 0.25) is 0 Å². The van der Waals surface area contributed by atoms with Crippen LogP contribution in [0.25, 0.3) is 22.0 Å². The van der Waals surface area contributed by atoms with Crippen molar-refractivity contribution in [2.24, 2.45) is 0 Å². The molecule has 3 aromatic carbocycles. The highest BCUT2D eigenvalue weighted by atomic mass is 79.9. The van der Waals surface area contributed by atoms with Gasteiger partial charge in [-0.3, -0.25) is 4.79 Å². The van der Waals surface area contributed by atoms with Crippen LogP contribution in [0.3, 0.4) is 0 Å². The van der Waals surface area contributed by atoms with Gasteiger partial charge in [0.05, 0.1) is 20.1 Å². The maximum absolute atomic E-state index is 12.2. The molecule has 158 valence electrons. The number of rotatable bonds is 7. The van der Waals surface area contributed by atoms with Crippen LogP contribution in [0.15, 0.2) is 77.4 Å². The van der Waals surface area contributed by atoms with E-state index < -0.39 is 0 Å². The molecule has 0 fully saturated rings. The minimum atomic E-state index is -0.208. The minimum absolute atomic E-state index is 0.208. The van der Waals surface area contributed by atoms with Crippen LogP contribution in [-0.2, 0) is 22.5 Å². The average Bonchev–Trinajstić information content (AvgIpc) is 3.10. The van der Waals surface area contributed by atoms with E-state index in [-0.39, 0.29) is 12.4 Å². The first kappa shape index (κ1) is 21.2. The van der Waals surface area contributed by atoms with Gasteiger partial charge >= 0.3 is 5.97 Å². The number of halogens is 1. The fourth-order valence-electron chi connectivity index (χ4n) is 3.82. The standard InChI is InChI=1S/C26H24BrNO3/c1-3-31-26(29)15-21-17-28(16-18-6-4-8-22(27)12-18)25-14-20(10-11-24(21)25)19-7-5-9-23(13-19)30-2/h4-14,17H,3,15-16H2,1-2H3. The van der Waals surface area contributed by atoms with Gasteiger partial charge in [0, 0.05) is 28.1 Å². The van der Waals surface area contributed by atoms with Crippen LogP contribution in [0, 0.1) is 0 Å². The van der Waals surface area contributed by atoms with Crippen molar-refractivity contribution in [3.63, 3.8) is 0 Å². The van der Waals surface area contributed by atoms with E-state index in [1.165, 1.54) is 5.56 Å². The van der Waals surface area contributed by atoms with Crippen LogP contribution in [-0.4, -0.2) is 24.3 Å². The van der Waals surface area contributed by atoms with Gasteiger partial charge in [0.1, 0.15) is 5.75 Å². The molecule has 0 aliphatic rings. The molecule has 0 radical (unpaired) electrons. The highest BCUT2D eigenvalue weighted by Crippen LogP contribution is 2.30. The lowest BCUT2D eigenvalue weighted by Crippen LogP contribution is -2.07. The monoisotopic (exact) mass is 477 g/mol. The van der Waals surface area contributed by atoms with Crippen molar-refractivity contribution in [3.05, 3.63) is 88.5 Å². The van der Waals surface area contributed by atoms with Crippen molar-refractivity contribution in [1.82, 2.24) is 4.57 Å². The highest BCUT2D eigenvalue weighted by Gasteiger charge is 2.14. The van der Waals surface area contributed by atoms with Crippen molar-refractivity contribution in [2.75, 3.05) is 13.7 Å². The molecular weight excluding hydrogens is 454 g/mol. The third-order valence-electron chi connectivity index (χ3n) is 5.25. The van der Waals surface area contributed by atoms with Crippen LogP contribution in [0.4, 0.5) is 0 Å². The highest BCUT2D eigenvalue weighted by molar-refractivity contribution is 9.10. The van der Waals surface area contributed by atoms with E-state index in [9.17, 15) is 4.79 Å². The van der Waals surface area contributed by atoms with E-state index in [1.807, 2.05) is 37.3 Å². The fourth-order valence-corrected chi connectivity index (χ4v) is 4.27. The number of carbonyl (C=O) groups is 1. The first-order valence-corrected chi connectivity index (χ1v) is 11.0. The number of hydrogen-bond acceptors (Lipinski definition) is 3. The lowest BCUT2D eigenvalue weighted by molar-refractivity contribution is -0.142. The van der Waals surface area contributed by atoms with E-state index in [1.54, 1.807) is 7.11 Å². The van der Waals surface area contributed by atoms with Crippen LogP contribution < -0.4 is 4.74 Å². The Bertz CT molecular complexity index is 1230. The third-order valence-corrected chi connectivity index (χ3v) is 5.74. The topological polar surface area (TPSA) is 40.5 Å². The molecule has 1 aromatic heterocycles. The third kappa shape index (κ3) is 4.83. The number of hydrogen-bond donors (Lipinski definition) is 0. The summed E-state index contributed by atoms with van der Waals surface area (Å²) in [5.41, 5.74) is 5.42. The summed E-state index contributed by atoms with van der Waals surface area (Å²) >= 11 is 3.55. The summed E-state index contributed by atoms with van der Waals surface area (Å²) in [4.78, 5) is 12.2. The lowest BCUT2D eigenvalue weighted by atomic mass is 10.0. The molecule has 0 N–H and O–H groups in total. The van der Waals surface area contributed by atoms with Gasteiger partial charge in [-0.05, 0) is 59.5 Å². The fraction of sp³-hybridized carbons (Fsp3) is 0.192. The molecule has 0 saturated carbocycles. The number of esters is 1. The van der Waals surface area contributed by atoms with Crippen LogP contribution in [0.1, 0.15) is 18.1 Å². The lowest BCUT2D eigenvalue weighted by Gasteiger charge is -2.09. The summed E-state index contributed by atoms with van der Waals surface area (Å²) in [6.45, 7) is 2.92. The molecular formula is C26H24BrNO3. The SMILES string of the molecule is CCOC(=O)Cc1cn(Cc2cccc(Br)c2)c2cc(-c3cccc(OC)c3)ccc12. The van der Waals surface area contributed by atoms with E-state index in [2.05, 4.69) is 63.1 Å². The summed E-state index contributed by atoms with van der Waals surface area (Å²) in [6, 6.07) is 22.7. The Kier molecular flexibility index (Phi) is 6.42. The quantitative estimate of drug-likeness (QED) is 0.296. The molecule has 0 bridgehead atoms. The molecule has 0 saturated heterocycles. The second-order valence-electron chi connectivity index (χ2n) is 7.36. The zero-order valence-electron chi connectivity index (χ0n) is 17.6. The van der Waals surface area contributed by atoms with Crippen LogP contribution in [0.5, 0.6) is 5.75 Å². The van der Waals surface area contributed by atoms with E-state index in [0.29, 0.717) is 13.2 Å². The number of methoxy groups -OCH3 is 1. The summed E-state index contributed by atoms with van der Waals surface area (Å²) in [6.07, 6.45) is 2.33. The van der Waals surface area contributed by atoms with Crippen molar-refractivity contribution in [3.8, 4) is 16.9 Å². The number of nitrogens with zero attached hydrogens (tertiary/aromatic N) is 1. The first-order valence-electron chi connectivity index (χ1n) is 10.2. The summed E-state index contributed by atoms with van der Waals surface area (Å²) < 4.78 is 13.8. The van der Waals surface area contributed by atoms with E-state index in [0.717, 1.165) is 37.8 Å². The Balaban J connectivity index is 1.79. The summed E-state index contributed by atoms with van der Waals surface area (Å²) in [7, 11) is 1.67. The van der Waals surface area contributed by atoms with Gasteiger partial charge in [0.25, 0.3) is 0 Å². The Morgan fingerprint density at radius 1 is 1.00 bits per heavy atom. The Labute approximate surface area is 190 Å². The average molecular weight is 478 g/mol. The molecule has 0 spiro atoms. The second-order valence-corrected chi connectivity index (χ2v) is 8.27. The second kappa shape index (κ2) is 9.40. The molecule has 0 atom stereocenters. The van der Waals surface area contributed by atoms with Crippen LogP contribution >= 0.6 is 15.9 Å². The number of carbonyl (C=O) groups excluding carboxylic acids is 1.